The molecule has 2 atom stereocenters. The van der Waals surface area contributed by atoms with Gasteiger partial charge in [-0.1, -0.05) is 0 Å². The first-order chi connectivity index (χ1) is 8.76. The molecule has 1 aromatic rings. The first-order valence-electron chi connectivity index (χ1n) is 6.61. The zero-order valence-electron chi connectivity index (χ0n) is 11.0. The SMILES string of the molecule is COc1cc(C)nc(N2CCC3CNCC3C2)n1. The van der Waals surface area contributed by atoms with Crippen LogP contribution in [0.4, 0.5) is 5.95 Å². The van der Waals surface area contributed by atoms with E-state index in [0.717, 1.165) is 43.1 Å². The van der Waals surface area contributed by atoms with Crippen molar-refractivity contribution in [2.75, 3.05) is 38.2 Å². The number of piperidine rings is 1. The predicted octanol–water partition coefficient (Wildman–Crippen LogP) is 0.839. The van der Waals surface area contributed by atoms with Gasteiger partial charge in [-0.3, -0.25) is 0 Å². The van der Waals surface area contributed by atoms with Crippen LogP contribution in [0.15, 0.2) is 6.07 Å². The summed E-state index contributed by atoms with van der Waals surface area (Å²) in [6.45, 7) is 6.40. The summed E-state index contributed by atoms with van der Waals surface area (Å²) in [6.07, 6.45) is 1.23. The lowest BCUT2D eigenvalue weighted by molar-refractivity contribution is 0.344. The van der Waals surface area contributed by atoms with Gasteiger partial charge in [-0.2, -0.15) is 4.98 Å². The molecule has 2 unspecified atom stereocenters. The van der Waals surface area contributed by atoms with Crippen molar-refractivity contribution in [3.05, 3.63) is 11.8 Å². The highest BCUT2D eigenvalue weighted by molar-refractivity contribution is 5.35. The quantitative estimate of drug-likeness (QED) is 0.840. The molecule has 98 valence electrons. The fourth-order valence-corrected chi connectivity index (χ4v) is 2.99. The molecule has 2 fully saturated rings. The Hall–Kier alpha value is -1.36. The Bertz CT molecular complexity index is 437. The maximum absolute atomic E-state index is 5.22. The van der Waals surface area contributed by atoms with Gasteiger partial charge < -0.3 is 15.0 Å². The molecule has 3 heterocycles. The van der Waals surface area contributed by atoms with Gasteiger partial charge in [0.15, 0.2) is 0 Å². The van der Waals surface area contributed by atoms with E-state index in [2.05, 4.69) is 20.2 Å². The summed E-state index contributed by atoms with van der Waals surface area (Å²) >= 11 is 0. The highest BCUT2D eigenvalue weighted by Gasteiger charge is 2.33. The second-order valence-corrected chi connectivity index (χ2v) is 5.26. The summed E-state index contributed by atoms with van der Waals surface area (Å²) in [5.41, 5.74) is 0.962. The summed E-state index contributed by atoms with van der Waals surface area (Å²) in [5, 5.41) is 3.48. The fraction of sp³-hybridized carbons (Fsp3) is 0.692. The van der Waals surface area contributed by atoms with Crippen LogP contribution in [0.5, 0.6) is 5.88 Å². The molecule has 0 amide bonds. The van der Waals surface area contributed by atoms with Crippen LogP contribution in [0.1, 0.15) is 12.1 Å². The van der Waals surface area contributed by atoms with E-state index in [9.17, 15) is 0 Å². The fourth-order valence-electron chi connectivity index (χ4n) is 2.99. The average molecular weight is 248 g/mol. The first kappa shape index (κ1) is 11.7. The number of ether oxygens (including phenoxy) is 1. The summed E-state index contributed by atoms with van der Waals surface area (Å²) in [5.74, 6) is 3.06. The first-order valence-corrected chi connectivity index (χ1v) is 6.61. The lowest BCUT2D eigenvalue weighted by Gasteiger charge is -2.34. The lowest BCUT2D eigenvalue weighted by Crippen LogP contribution is -2.41. The Morgan fingerprint density at radius 2 is 2.17 bits per heavy atom. The Morgan fingerprint density at radius 1 is 1.33 bits per heavy atom. The molecule has 1 aromatic heterocycles. The molecule has 2 aliphatic heterocycles. The number of hydrogen-bond acceptors (Lipinski definition) is 5. The van der Waals surface area contributed by atoms with Gasteiger partial charge in [0.1, 0.15) is 0 Å². The number of aromatic nitrogens is 2. The molecule has 0 bridgehead atoms. The van der Waals surface area contributed by atoms with Crippen molar-refractivity contribution in [3.8, 4) is 5.88 Å². The molecule has 5 heteroatoms. The number of nitrogens with one attached hydrogen (secondary N) is 1. The van der Waals surface area contributed by atoms with E-state index < -0.39 is 0 Å². The molecule has 1 N–H and O–H groups in total. The van der Waals surface area contributed by atoms with Gasteiger partial charge in [0, 0.05) is 24.8 Å². The molecule has 2 aliphatic rings. The van der Waals surface area contributed by atoms with Crippen LogP contribution in [-0.4, -0.2) is 43.3 Å². The number of anilines is 1. The van der Waals surface area contributed by atoms with Crippen molar-refractivity contribution < 1.29 is 4.74 Å². The van der Waals surface area contributed by atoms with E-state index in [1.54, 1.807) is 7.11 Å². The Labute approximate surface area is 108 Å². The van der Waals surface area contributed by atoms with E-state index in [4.69, 9.17) is 4.74 Å². The smallest absolute Gasteiger partial charge is 0.228 e. The summed E-state index contributed by atoms with van der Waals surface area (Å²) in [6, 6.07) is 1.87. The van der Waals surface area contributed by atoms with E-state index >= 15 is 0 Å². The third-order valence-electron chi connectivity index (χ3n) is 4.02. The van der Waals surface area contributed by atoms with Gasteiger partial charge in [0.05, 0.1) is 7.11 Å². The van der Waals surface area contributed by atoms with E-state index in [-0.39, 0.29) is 0 Å². The number of methoxy groups -OCH3 is 1. The Balaban J connectivity index is 1.80. The number of hydrogen-bond donors (Lipinski definition) is 1. The van der Waals surface area contributed by atoms with E-state index in [1.165, 1.54) is 13.0 Å². The van der Waals surface area contributed by atoms with Crippen LogP contribution < -0.4 is 15.0 Å². The van der Waals surface area contributed by atoms with Crippen LogP contribution in [0.3, 0.4) is 0 Å². The van der Waals surface area contributed by atoms with Crippen molar-refractivity contribution in [1.82, 2.24) is 15.3 Å². The normalized spacial score (nSPS) is 27.1. The molecule has 18 heavy (non-hydrogen) atoms. The van der Waals surface area contributed by atoms with Crippen molar-refractivity contribution in [1.29, 1.82) is 0 Å². The van der Waals surface area contributed by atoms with Crippen molar-refractivity contribution in [3.63, 3.8) is 0 Å². The average Bonchev–Trinajstić information content (AvgIpc) is 2.85. The second-order valence-electron chi connectivity index (χ2n) is 5.26. The monoisotopic (exact) mass is 248 g/mol. The molecule has 0 aliphatic carbocycles. The molecule has 2 saturated heterocycles. The van der Waals surface area contributed by atoms with Crippen LogP contribution >= 0.6 is 0 Å². The van der Waals surface area contributed by atoms with Gasteiger partial charge in [-0.25, -0.2) is 4.98 Å². The van der Waals surface area contributed by atoms with Crippen LogP contribution in [-0.2, 0) is 0 Å². The summed E-state index contributed by atoms with van der Waals surface area (Å²) in [7, 11) is 1.65. The molecule has 0 saturated carbocycles. The summed E-state index contributed by atoms with van der Waals surface area (Å²) in [4.78, 5) is 11.3. The molecule has 3 rings (SSSR count). The highest BCUT2D eigenvalue weighted by atomic mass is 16.5. The predicted molar refractivity (Wildman–Crippen MR) is 70.0 cm³/mol. The van der Waals surface area contributed by atoms with Gasteiger partial charge in [0.2, 0.25) is 11.8 Å². The van der Waals surface area contributed by atoms with Crippen molar-refractivity contribution in [2.24, 2.45) is 11.8 Å². The standard InChI is InChI=1S/C13H20N4O/c1-9-5-12(18-2)16-13(15-9)17-4-3-10-6-14-7-11(10)8-17/h5,10-11,14H,3-4,6-8H2,1-2H3. The lowest BCUT2D eigenvalue weighted by atomic mass is 9.89. The van der Waals surface area contributed by atoms with Gasteiger partial charge >= 0.3 is 0 Å². The second kappa shape index (κ2) is 4.72. The van der Waals surface area contributed by atoms with Gasteiger partial charge in [-0.15, -0.1) is 0 Å². The van der Waals surface area contributed by atoms with Gasteiger partial charge in [0.25, 0.3) is 0 Å². The van der Waals surface area contributed by atoms with E-state index in [1.807, 2.05) is 13.0 Å². The third kappa shape index (κ3) is 2.14. The Kier molecular flexibility index (Phi) is 3.07. The van der Waals surface area contributed by atoms with Gasteiger partial charge in [-0.05, 0) is 38.3 Å². The minimum Gasteiger partial charge on any atom is -0.481 e. The van der Waals surface area contributed by atoms with Crippen molar-refractivity contribution >= 4 is 5.95 Å². The number of rotatable bonds is 2. The largest absolute Gasteiger partial charge is 0.481 e. The van der Waals surface area contributed by atoms with Crippen LogP contribution in [0, 0.1) is 18.8 Å². The maximum Gasteiger partial charge on any atom is 0.228 e. The van der Waals surface area contributed by atoms with Crippen molar-refractivity contribution in [2.45, 2.75) is 13.3 Å². The van der Waals surface area contributed by atoms with Crippen LogP contribution in [0.25, 0.3) is 0 Å². The minimum absolute atomic E-state index is 0.657. The zero-order valence-corrected chi connectivity index (χ0v) is 11.0. The molecular weight excluding hydrogens is 228 g/mol. The number of fused-ring (bicyclic) bond motifs is 1. The third-order valence-corrected chi connectivity index (χ3v) is 4.02. The molecular formula is C13H20N4O. The highest BCUT2D eigenvalue weighted by Crippen LogP contribution is 2.28. The summed E-state index contributed by atoms with van der Waals surface area (Å²) < 4.78 is 5.22. The number of nitrogens with zero attached hydrogens (tertiary/aromatic N) is 3. The Morgan fingerprint density at radius 3 is 3.00 bits per heavy atom. The molecule has 0 radical (unpaired) electrons. The van der Waals surface area contributed by atoms with Crippen LogP contribution in [0.2, 0.25) is 0 Å². The van der Waals surface area contributed by atoms with E-state index in [0.29, 0.717) is 5.88 Å². The minimum atomic E-state index is 0.657. The molecule has 5 nitrogen and oxygen atoms in total. The molecule has 0 aromatic carbocycles. The maximum atomic E-state index is 5.22. The molecule has 0 spiro atoms. The number of aryl methyl sites for hydroxylation is 1. The topological polar surface area (TPSA) is 50.3 Å². The zero-order chi connectivity index (χ0) is 12.5.